The molecule has 0 saturated carbocycles. The Bertz CT molecular complexity index is 1090. The fourth-order valence-electron chi connectivity index (χ4n) is 2.46. The molecule has 0 aliphatic rings. The average molecular weight is 348 g/mol. The van der Waals surface area contributed by atoms with Gasteiger partial charge in [-0.25, -0.2) is 19.0 Å². The van der Waals surface area contributed by atoms with Crippen molar-refractivity contribution in [2.45, 2.75) is 0 Å². The van der Waals surface area contributed by atoms with Crippen LogP contribution in [0.2, 0.25) is 0 Å². The second-order valence-electron chi connectivity index (χ2n) is 5.46. The summed E-state index contributed by atoms with van der Waals surface area (Å²) in [6.07, 6.45) is 4.58. The third-order valence-corrected chi connectivity index (χ3v) is 3.70. The zero-order valence-corrected chi connectivity index (χ0v) is 13.4. The number of halogens is 1. The summed E-state index contributed by atoms with van der Waals surface area (Å²) < 4.78 is 15.0. The largest absolute Gasteiger partial charge is 0.508 e. The molecule has 4 aromatic rings. The van der Waals surface area contributed by atoms with Crippen LogP contribution in [0, 0.1) is 5.82 Å². The van der Waals surface area contributed by atoms with E-state index < -0.39 is 0 Å². The fourth-order valence-corrected chi connectivity index (χ4v) is 2.46. The van der Waals surface area contributed by atoms with Gasteiger partial charge in [0, 0.05) is 0 Å². The van der Waals surface area contributed by atoms with Gasteiger partial charge in [-0.1, -0.05) is 6.07 Å². The Hall–Kier alpha value is -3.81. The molecule has 0 aliphatic carbocycles. The van der Waals surface area contributed by atoms with E-state index in [-0.39, 0.29) is 11.6 Å². The monoisotopic (exact) mass is 348 g/mol. The Kier molecular flexibility index (Phi) is 3.98. The van der Waals surface area contributed by atoms with E-state index in [0.717, 1.165) is 5.56 Å². The van der Waals surface area contributed by atoms with Crippen molar-refractivity contribution in [2.24, 2.45) is 5.10 Å². The lowest BCUT2D eigenvalue weighted by molar-refractivity contribution is 0.475. The molecular formula is C18H13FN6O. The molecule has 0 unspecified atom stereocenters. The summed E-state index contributed by atoms with van der Waals surface area (Å²) in [5.41, 5.74) is 4.77. The number of benzene rings is 2. The number of hydrogen-bond donors (Lipinski definition) is 2. The van der Waals surface area contributed by atoms with Gasteiger partial charge in [0.15, 0.2) is 11.5 Å². The van der Waals surface area contributed by atoms with Crippen molar-refractivity contribution in [3.05, 3.63) is 72.4 Å². The maximum atomic E-state index is 13.5. The predicted molar refractivity (Wildman–Crippen MR) is 95.9 cm³/mol. The molecule has 7 nitrogen and oxygen atoms in total. The second-order valence-corrected chi connectivity index (χ2v) is 5.46. The van der Waals surface area contributed by atoms with Gasteiger partial charge in [0.25, 0.3) is 0 Å². The standard InChI is InChI=1S/C18H13FN6O/c19-13-2-1-3-14(8-13)25-18-16(10-23-25)17(20-11-21-18)24-22-9-12-4-6-15(26)7-5-12/h1-11,26H,(H,20,21,24). The number of phenols is 1. The lowest BCUT2D eigenvalue weighted by atomic mass is 10.2. The first kappa shape index (κ1) is 15.7. The van der Waals surface area contributed by atoms with E-state index in [4.69, 9.17) is 0 Å². The van der Waals surface area contributed by atoms with E-state index in [1.54, 1.807) is 48.8 Å². The molecule has 0 atom stereocenters. The molecule has 0 aliphatic heterocycles. The number of aromatic nitrogens is 4. The van der Waals surface area contributed by atoms with Gasteiger partial charge in [-0.05, 0) is 48.0 Å². The first-order valence-electron chi connectivity index (χ1n) is 7.73. The highest BCUT2D eigenvalue weighted by Crippen LogP contribution is 2.21. The number of hydrazone groups is 1. The maximum Gasteiger partial charge on any atom is 0.168 e. The van der Waals surface area contributed by atoms with Crippen molar-refractivity contribution in [1.29, 1.82) is 0 Å². The van der Waals surface area contributed by atoms with Crippen molar-refractivity contribution in [2.75, 3.05) is 5.43 Å². The highest BCUT2D eigenvalue weighted by atomic mass is 19.1. The molecule has 0 spiro atoms. The van der Waals surface area contributed by atoms with Crippen LogP contribution in [0.5, 0.6) is 5.75 Å². The van der Waals surface area contributed by atoms with Crippen LogP contribution in [0.4, 0.5) is 10.2 Å². The van der Waals surface area contributed by atoms with E-state index >= 15 is 0 Å². The number of nitrogens with zero attached hydrogens (tertiary/aromatic N) is 5. The zero-order chi connectivity index (χ0) is 17.9. The molecule has 2 aromatic carbocycles. The van der Waals surface area contributed by atoms with Gasteiger partial charge >= 0.3 is 0 Å². The van der Waals surface area contributed by atoms with Crippen LogP contribution in [-0.2, 0) is 0 Å². The smallest absolute Gasteiger partial charge is 0.168 e. The Morgan fingerprint density at radius 2 is 1.96 bits per heavy atom. The number of fused-ring (bicyclic) bond motifs is 1. The van der Waals surface area contributed by atoms with Gasteiger partial charge in [0.05, 0.1) is 23.5 Å². The molecule has 2 N–H and O–H groups in total. The normalized spacial score (nSPS) is 11.3. The average Bonchev–Trinajstić information content (AvgIpc) is 3.08. The molecule has 0 bridgehead atoms. The van der Waals surface area contributed by atoms with E-state index in [0.29, 0.717) is 22.5 Å². The highest BCUT2D eigenvalue weighted by Gasteiger charge is 2.11. The molecule has 2 aromatic heterocycles. The number of rotatable bonds is 4. The first-order chi connectivity index (χ1) is 12.7. The van der Waals surface area contributed by atoms with Crippen LogP contribution >= 0.6 is 0 Å². The SMILES string of the molecule is Oc1ccc(C=NNc2ncnc3c2cnn3-c2cccc(F)c2)cc1. The van der Waals surface area contributed by atoms with Crippen molar-refractivity contribution in [3.63, 3.8) is 0 Å². The second kappa shape index (κ2) is 6.60. The number of phenolic OH excluding ortho intramolecular Hbond substituents is 1. The van der Waals surface area contributed by atoms with Gasteiger partial charge in [0.1, 0.15) is 17.9 Å². The molecule has 0 saturated heterocycles. The van der Waals surface area contributed by atoms with Crippen molar-refractivity contribution in [1.82, 2.24) is 19.7 Å². The van der Waals surface area contributed by atoms with E-state index in [9.17, 15) is 9.50 Å². The maximum absolute atomic E-state index is 13.5. The summed E-state index contributed by atoms with van der Waals surface area (Å²) in [7, 11) is 0. The van der Waals surface area contributed by atoms with Crippen LogP contribution < -0.4 is 5.43 Å². The number of aromatic hydroxyl groups is 1. The van der Waals surface area contributed by atoms with Crippen LogP contribution in [0.15, 0.2) is 66.2 Å². The van der Waals surface area contributed by atoms with Crippen LogP contribution in [0.1, 0.15) is 5.56 Å². The summed E-state index contributed by atoms with van der Waals surface area (Å²) in [4.78, 5) is 8.40. The lowest BCUT2D eigenvalue weighted by Gasteiger charge is -2.04. The number of nitrogens with one attached hydrogen (secondary N) is 1. The van der Waals surface area contributed by atoms with E-state index in [2.05, 4.69) is 25.6 Å². The van der Waals surface area contributed by atoms with Crippen molar-refractivity contribution < 1.29 is 9.50 Å². The van der Waals surface area contributed by atoms with Crippen LogP contribution in [0.25, 0.3) is 16.7 Å². The van der Waals surface area contributed by atoms with Crippen LogP contribution in [0.3, 0.4) is 0 Å². The Morgan fingerprint density at radius 1 is 1.12 bits per heavy atom. The molecule has 128 valence electrons. The molecule has 4 rings (SSSR count). The molecule has 26 heavy (non-hydrogen) atoms. The first-order valence-corrected chi connectivity index (χ1v) is 7.73. The van der Waals surface area contributed by atoms with E-state index in [1.165, 1.54) is 23.1 Å². The quantitative estimate of drug-likeness (QED) is 0.437. The third kappa shape index (κ3) is 3.07. The predicted octanol–water partition coefficient (Wildman–Crippen LogP) is 3.11. The van der Waals surface area contributed by atoms with Gasteiger partial charge in [0.2, 0.25) is 0 Å². The van der Waals surface area contributed by atoms with Gasteiger partial charge in [-0.3, -0.25) is 5.43 Å². The summed E-state index contributed by atoms with van der Waals surface area (Å²) in [5, 5.41) is 18.3. The molecule has 2 heterocycles. The lowest BCUT2D eigenvalue weighted by Crippen LogP contribution is -1.99. The molecular weight excluding hydrogens is 335 g/mol. The van der Waals surface area contributed by atoms with Crippen molar-refractivity contribution in [3.8, 4) is 11.4 Å². The van der Waals surface area contributed by atoms with Gasteiger partial charge < -0.3 is 5.11 Å². The highest BCUT2D eigenvalue weighted by molar-refractivity contribution is 5.88. The number of hydrogen-bond acceptors (Lipinski definition) is 6. The van der Waals surface area contributed by atoms with Gasteiger partial charge in [-0.2, -0.15) is 10.2 Å². The minimum Gasteiger partial charge on any atom is -0.508 e. The Labute approximate surface area is 147 Å². The Balaban J connectivity index is 1.63. The van der Waals surface area contributed by atoms with Crippen LogP contribution in [-0.4, -0.2) is 31.1 Å². The Morgan fingerprint density at radius 3 is 2.77 bits per heavy atom. The fraction of sp³-hybridized carbons (Fsp3) is 0. The van der Waals surface area contributed by atoms with Crippen molar-refractivity contribution >= 4 is 23.1 Å². The molecule has 0 radical (unpaired) electrons. The molecule has 8 heteroatoms. The van der Waals surface area contributed by atoms with Gasteiger partial charge in [-0.15, -0.1) is 0 Å². The number of anilines is 1. The topological polar surface area (TPSA) is 88.2 Å². The molecule has 0 fully saturated rings. The third-order valence-electron chi connectivity index (χ3n) is 3.70. The summed E-state index contributed by atoms with van der Waals surface area (Å²) in [6.45, 7) is 0. The minimum atomic E-state index is -0.350. The summed E-state index contributed by atoms with van der Waals surface area (Å²) in [5.74, 6) is 0.321. The minimum absolute atomic E-state index is 0.192. The van der Waals surface area contributed by atoms with E-state index in [1.807, 2.05) is 0 Å². The summed E-state index contributed by atoms with van der Waals surface area (Å²) in [6, 6.07) is 12.7. The molecule has 0 amide bonds. The summed E-state index contributed by atoms with van der Waals surface area (Å²) >= 11 is 0. The zero-order valence-electron chi connectivity index (χ0n) is 13.4.